The van der Waals surface area contributed by atoms with E-state index in [0.717, 1.165) is 89.9 Å². The van der Waals surface area contributed by atoms with Crippen molar-refractivity contribution >= 4 is 11.9 Å². The van der Waals surface area contributed by atoms with Crippen LogP contribution in [0.5, 0.6) is 0 Å². The number of unbranched alkanes of at least 4 members (excludes halogenated alkanes) is 31. The molecule has 0 aromatic rings. The van der Waals surface area contributed by atoms with Gasteiger partial charge in [0.25, 0.3) is 0 Å². The first kappa shape index (κ1) is 70.4. The van der Waals surface area contributed by atoms with Gasteiger partial charge in [-0.1, -0.05) is 216 Å². The molecule has 0 aromatic carbocycles. The lowest BCUT2D eigenvalue weighted by Gasteiger charge is -2.40. The van der Waals surface area contributed by atoms with Crippen molar-refractivity contribution in [1.29, 1.82) is 0 Å². The van der Waals surface area contributed by atoms with Gasteiger partial charge in [-0.2, -0.15) is 0 Å². The monoisotopic (exact) mass is 1060 g/mol. The van der Waals surface area contributed by atoms with E-state index in [9.17, 15) is 35.1 Å². The Bertz CT molecular complexity index is 1430. The molecule has 11 nitrogen and oxygen atoms in total. The summed E-state index contributed by atoms with van der Waals surface area (Å²) in [5.41, 5.74) is 0. The SMILES string of the molecule is CCCCC/C=C/CC/C=C/C(O)C(COC1OC(CO)C(O)C(O)C1O)NC(=O)CCCCCCCCC/C=C\C/C=C\CCCCCCCCCCCOC(=O)CCCCCCC/C=C\CCCCCCCC. The molecule has 1 fully saturated rings. The summed E-state index contributed by atoms with van der Waals surface area (Å²) in [5, 5.41) is 54.1. The van der Waals surface area contributed by atoms with Crippen LogP contribution in [0.3, 0.4) is 0 Å². The fourth-order valence-corrected chi connectivity index (χ4v) is 9.36. The molecule has 0 saturated carbocycles. The zero-order valence-corrected chi connectivity index (χ0v) is 48.0. The summed E-state index contributed by atoms with van der Waals surface area (Å²) < 4.78 is 16.7. The minimum absolute atomic E-state index is 0.0139. The van der Waals surface area contributed by atoms with Gasteiger partial charge in [-0.15, -0.1) is 0 Å². The smallest absolute Gasteiger partial charge is 0.305 e. The first-order valence-corrected chi connectivity index (χ1v) is 31.1. The van der Waals surface area contributed by atoms with Crippen molar-refractivity contribution in [3.63, 3.8) is 0 Å². The highest BCUT2D eigenvalue weighted by Gasteiger charge is 2.44. The second-order valence-electron chi connectivity index (χ2n) is 21.4. The Kier molecular flexibility index (Phi) is 50.1. The Morgan fingerprint density at radius 2 is 0.907 bits per heavy atom. The van der Waals surface area contributed by atoms with Crippen molar-refractivity contribution in [3.05, 3.63) is 60.8 Å². The van der Waals surface area contributed by atoms with Crippen molar-refractivity contribution in [2.24, 2.45) is 0 Å². The topological polar surface area (TPSA) is 175 Å². The van der Waals surface area contributed by atoms with Gasteiger partial charge in [-0.3, -0.25) is 9.59 Å². The third-order valence-corrected chi connectivity index (χ3v) is 14.3. The molecular formula is C64H115NO10. The number of hydrogen-bond donors (Lipinski definition) is 6. The molecule has 0 aliphatic carbocycles. The van der Waals surface area contributed by atoms with Gasteiger partial charge in [0.1, 0.15) is 24.4 Å². The van der Waals surface area contributed by atoms with Crippen LogP contribution >= 0.6 is 0 Å². The van der Waals surface area contributed by atoms with E-state index in [0.29, 0.717) is 19.4 Å². The van der Waals surface area contributed by atoms with Crippen molar-refractivity contribution in [1.82, 2.24) is 5.32 Å². The van der Waals surface area contributed by atoms with E-state index < -0.39 is 49.5 Å². The normalized spacial score (nSPS) is 19.2. The highest BCUT2D eigenvalue weighted by atomic mass is 16.7. The average Bonchev–Trinajstić information content (AvgIpc) is 3.41. The molecule has 1 heterocycles. The number of hydrogen-bond acceptors (Lipinski definition) is 10. The molecule has 1 saturated heterocycles. The Balaban J connectivity index is 2.02. The van der Waals surface area contributed by atoms with Crippen LogP contribution in [0, 0.1) is 0 Å². The molecule has 0 radical (unpaired) electrons. The number of aliphatic hydroxyl groups excluding tert-OH is 5. The molecule has 7 unspecified atom stereocenters. The lowest BCUT2D eigenvalue weighted by molar-refractivity contribution is -0.302. The Morgan fingerprint density at radius 1 is 0.493 bits per heavy atom. The number of ether oxygens (including phenoxy) is 3. The minimum Gasteiger partial charge on any atom is -0.466 e. The quantitative estimate of drug-likeness (QED) is 0.0195. The van der Waals surface area contributed by atoms with Crippen LogP contribution in [0.4, 0.5) is 0 Å². The summed E-state index contributed by atoms with van der Waals surface area (Å²) in [4.78, 5) is 25.0. The van der Waals surface area contributed by atoms with Crippen LogP contribution in [-0.2, 0) is 23.8 Å². The maximum absolute atomic E-state index is 13.0. The van der Waals surface area contributed by atoms with Gasteiger partial charge in [-0.25, -0.2) is 0 Å². The highest BCUT2D eigenvalue weighted by molar-refractivity contribution is 5.76. The number of amides is 1. The van der Waals surface area contributed by atoms with Gasteiger partial charge in [0.15, 0.2) is 6.29 Å². The number of esters is 1. The van der Waals surface area contributed by atoms with Crippen molar-refractivity contribution in [2.75, 3.05) is 19.8 Å². The fraction of sp³-hybridized carbons (Fsp3) is 0.812. The number of carbonyl (C=O) groups excluding carboxylic acids is 2. The zero-order valence-electron chi connectivity index (χ0n) is 48.0. The molecule has 436 valence electrons. The van der Waals surface area contributed by atoms with Gasteiger partial charge >= 0.3 is 5.97 Å². The maximum atomic E-state index is 13.0. The van der Waals surface area contributed by atoms with Gasteiger partial charge < -0.3 is 45.1 Å². The predicted molar refractivity (Wildman–Crippen MR) is 310 cm³/mol. The number of nitrogens with one attached hydrogen (secondary N) is 1. The molecule has 1 rings (SSSR count). The largest absolute Gasteiger partial charge is 0.466 e. The van der Waals surface area contributed by atoms with E-state index in [1.54, 1.807) is 6.08 Å². The molecule has 11 heteroatoms. The lowest BCUT2D eigenvalue weighted by atomic mass is 9.99. The van der Waals surface area contributed by atoms with Gasteiger partial charge in [-0.05, 0) is 103 Å². The second-order valence-corrected chi connectivity index (χ2v) is 21.4. The second kappa shape index (κ2) is 53.4. The summed E-state index contributed by atoms with van der Waals surface area (Å²) in [6.45, 7) is 4.25. The standard InChI is InChI=1S/C64H115NO10/c1-3-5-7-9-11-13-14-15-25-29-32-36-40-44-48-52-60(69)73-53-49-45-41-37-33-30-27-24-22-20-18-16-17-19-21-23-26-28-31-35-39-43-47-51-59(68)65-56(57(67)50-46-42-38-34-12-10-8-6-4-2)55-74-64-63(72)62(71)61(70)58(54-66)75-64/h12,15-16,18-19,21,25,34,46,50,56-58,61-64,66-67,70-72H,3-11,13-14,17,20,22-24,26-33,35-45,47-49,51-55H2,1-2H3,(H,65,68)/b18-16-,21-19-,25-15-,34-12+,50-46+. The molecule has 0 bridgehead atoms. The number of aliphatic hydroxyl groups is 5. The van der Waals surface area contributed by atoms with E-state index in [1.807, 2.05) is 6.08 Å². The van der Waals surface area contributed by atoms with Crippen LogP contribution in [0.1, 0.15) is 271 Å². The van der Waals surface area contributed by atoms with Crippen LogP contribution in [0.25, 0.3) is 0 Å². The summed E-state index contributed by atoms with van der Waals surface area (Å²) in [5.74, 6) is -0.220. The minimum atomic E-state index is -1.58. The summed E-state index contributed by atoms with van der Waals surface area (Å²) >= 11 is 0. The number of rotatable bonds is 53. The van der Waals surface area contributed by atoms with Crippen LogP contribution in [-0.4, -0.2) is 100 Å². The summed E-state index contributed by atoms with van der Waals surface area (Å²) in [7, 11) is 0. The molecule has 1 aliphatic rings. The van der Waals surface area contributed by atoms with E-state index in [2.05, 4.69) is 67.8 Å². The molecule has 0 aromatic heterocycles. The van der Waals surface area contributed by atoms with Gasteiger partial charge in [0.05, 0.1) is 32.0 Å². The molecule has 1 amide bonds. The molecule has 1 aliphatic heterocycles. The predicted octanol–water partition coefficient (Wildman–Crippen LogP) is 14.6. The first-order valence-electron chi connectivity index (χ1n) is 31.1. The zero-order chi connectivity index (χ0) is 54.5. The van der Waals surface area contributed by atoms with Gasteiger partial charge in [0.2, 0.25) is 5.91 Å². The summed E-state index contributed by atoms with van der Waals surface area (Å²) in [6, 6.07) is -0.835. The van der Waals surface area contributed by atoms with Crippen LogP contribution in [0.2, 0.25) is 0 Å². The first-order chi connectivity index (χ1) is 36.7. The number of carbonyl (C=O) groups is 2. The lowest BCUT2D eigenvalue weighted by Crippen LogP contribution is -2.60. The highest BCUT2D eigenvalue weighted by Crippen LogP contribution is 2.23. The van der Waals surface area contributed by atoms with Crippen molar-refractivity contribution in [3.8, 4) is 0 Å². The maximum Gasteiger partial charge on any atom is 0.305 e. The Morgan fingerprint density at radius 3 is 1.43 bits per heavy atom. The number of allylic oxidation sites excluding steroid dienone is 9. The molecule has 75 heavy (non-hydrogen) atoms. The Labute approximate surface area is 458 Å². The molecular weight excluding hydrogens is 943 g/mol. The third kappa shape index (κ3) is 43.0. The Hall–Kier alpha value is -2.64. The summed E-state index contributed by atoms with van der Waals surface area (Å²) in [6.07, 6.45) is 59.1. The molecule has 0 spiro atoms. The molecule has 6 N–H and O–H groups in total. The van der Waals surface area contributed by atoms with E-state index >= 15 is 0 Å². The average molecular weight is 1060 g/mol. The van der Waals surface area contributed by atoms with E-state index in [1.165, 1.54) is 154 Å². The van der Waals surface area contributed by atoms with Crippen molar-refractivity contribution in [2.45, 2.75) is 314 Å². The molecule has 7 atom stereocenters. The van der Waals surface area contributed by atoms with Crippen molar-refractivity contribution < 1.29 is 49.3 Å². The van der Waals surface area contributed by atoms with Gasteiger partial charge in [0, 0.05) is 12.8 Å². The van der Waals surface area contributed by atoms with E-state index in [4.69, 9.17) is 14.2 Å². The van der Waals surface area contributed by atoms with Crippen LogP contribution in [0.15, 0.2) is 60.8 Å². The van der Waals surface area contributed by atoms with Crippen LogP contribution < -0.4 is 5.32 Å². The third-order valence-electron chi connectivity index (χ3n) is 14.3. The fourth-order valence-electron chi connectivity index (χ4n) is 9.36. The van der Waals surface area contributed by atoms with E-state index in [-0.39, 0.29) is 18.5 Å².